The molecule has 1 aromatic carbocycles. The maximum atomic E-state index is 12.0. The highest BCUT2D eigenvalue weighted by Gasteiger charge is 2.43. The summed E-state index contributed by atoms with van der Waals surface area (Å²) in [4.78, 5) is 12.0. The van der Waals surface area contributed by atoms with E-state index < -0.39 is 37.1 Å². The molecule has 1 aliphatic rings. The Hall–Kier alpha value is -1.31. The lowest BCUT2D eigenvalue weighted by molar-refractivity contribution is -0.227. The molecule has 1 saturated heterocycles. The van der Waals surface area contributed by atoms with Gasteiger partial charge in [0.05, 0.1) is 12.7 Å². The lowest BCUT2D eigenvalue weighted by Crippen LogP contribution is -2.58. The summed E-state index contributed by atoms with van der Waals surface area (Å²) in [5.74, 6) is -0.241. The van der Waals surface area contributed by atoms with E-state index in [0.29, 0.717) is 5.56 Å². The van der Waals surface area contributed by atoms with E-state index in [2.05, 4.69) is 0 Å². The van der Waals surface area contributed by atoms with Crippen LogP contribution in [0, 0.1) is 0 Å². The summed E-state index contributed by atoms with van der Waals surface area (Å²) in [6.07, 6.45) is -6.31. The zero-order valence-electron chi connectivity index (χ0n) is 10.8. The van der Waals surface area contributed by atoms with Gasteiger partial charge in [-0.2, -0.15) is 0 Å². The molecule has 6 nitrogen and oxygen atoms in total. The molecule has 0 saturated carbocycles. The molecule has 1 fully saturated rings. The third kappa shape index (κ3) is 3.05. The van der Waals surface area contributed by atoms with Gasteiger partial charge in [0.1, 0.15) is 24.4 Å². The summed E-state index contributed by atoms with van der Waals surface area (Å²) in [7, 11) is 0. The van der Waals surface area contributed by atoms with Crippen molar-refractivity contribution < 1.29 is 30.0 Å². The molecule has 1 aliphatic heterocycles. The first kappa shape index (κ1) is 15.1. The van der Waals surface area contributed by atoms with Crippen molar-refractivity contribution in [3.63, 3.8) is 0 Å². The third-order valence-electron chi connectivity index (χ3n) is 3.47. The molecule has 0 unspecified atom stereocenters. The molecule has 110 valence electrons. The van der Waals surface area contributed by atoms with Gasteiger partial charge in [0, 0.05) is 12.0 Å². The summed E-state index contributed by atoms with van der Waals surface area (Å²) < 4.78 is 5.29. The number of hydrogen-bond acceptors (Lipinski definition) is 6. The van der Waals surface area contributed by atoms with Crippen molar-refractivity contribution in [3.05, 3.63) is 35.9 Å². The fourth-order valence-corrected chi connectivity index (χ4v) is 2.27. The maximum Gasteiger partial charge on any atom is 0.165 e. The standard InChI is InChI=1S/C14H18O6/c15-7-11-13(18)14(19)12(17)10(20-11)6-9(16)8-4-2-1-3-5-8/h1-5,10-15,17-19H,6-7H2/t10-,11+,12-,13+,14+/m0/s1. The number of ketones is 1. The summed E-state index contributed by atoms with van der Waals surface area (Å²) in [6.45, 7) is -0.499. The molecule has 1 aromatic rings. The number of ether oxygens (including phenoxy) is 1. The molecule has 5 atom stereocenters. The Bertz CT molecular complexity index is 446. The van der Waals surface area contributed by atoms with Crippen LogP contribution in [0.4, 0.5) is 0 Å². The number of aliphatic hydroxyl groups is 4. The Morgan fingerprint density at radius 2 is 1.60 bits per heavy atom. The highest BCUT2D eigenvalue weighted by molar-refractivity contribution is 5.96. The molecule has 6 heteroatoms. The number of carbonyl (C=O) groups is 1. The largest absolute Gasteiger partial charge is 0.394 e. The normalized spacial score (nSPS) is 33.9. The molecular weight excluding hydrogens is 264 g/mol. The fourth-order valence-electron chi connectivity index (χ4n) is 2.27. The first-order valence-corrected chi connectivity index (χ1v) is 6.43. The Kier molecular flexibility index (Phi) is 4.85. The van der Waals surface area contributed by atoms with E-state index in [1.807, 2.05) is 0 Å². The van der Waals surface area contributed by atoms with Crippen LogP contribution in [-0.4, -0.2) is 63.3 Å². The Morgan fingerprint density at radius 3 is 2.20 bits per heavy atom. The number of carbonyl (C=O) groups excluding carboxylic acids is 1. The van der Waals surface area contributed by atoms with Gasteiger partial charge in [0.15, 0.2) is 5.78 Å². The molecule has 20 heavy (non-hydrogen) atoms. The van der Waals surface area contributed by atoms with E-state index >= 15 is 0 Å². The first-order valence-electron chi connectivity index (χ1n) is 6.43. The molecule has 1 heterocycles. The van der Waals surface area contributed by atoms with E-state index in [4.69, 9.17) is 9.84 Å². The van der Waals surface area contributed by atoms with Crippen LogP contribution in [0.5, 0.6) is 0 Å². The molecule has 0 spiro atoms. The predicted molar refractivity (Wildman–Crippen MR) is 69.2 cm³/mol. The van der Waals surface area contributed by atoms with Gasteiger partial charge in [0.2, 0.25) is 0 Å². The van der Waals surface area contributed by atoms with E-state index in [-0.39, 0.29) is 12.2 Å². The lowest BCUT2D eigenvalue weighted by atomic mass is 9.91. The zero-order chi connectivity index (χ0) is 14.7. The van der Waals surface area contributed by atoms with Crippen molar-refractivity contribution in [2.24, 2.45) is 0 Å². The summed E-state index contributed by atoms with van der Waals surface area (Å²) in [5, 5.41) is 38.2. The summed E-state index contributed by atoms with van der Waals surface area (Å²) >= 11 is 0. The molecular formula is C14H18O6. The highest BCUT2D eigenvalue weighted by atomic mass is 16.5. The van der Waals surface area contributed by atoms with Crippen molar-refractivity contribution in [2.75, 3.05) is 6.61 Å². The second kappa shape index (κ2) is 6.43. The molecule has 0 bridgehead atoms. The maximum absolute atomic E-state index is 12.0. The van der Waals surface area contributed by atoms with Gasteiger partial charge in [-0.3, -0.25) is 4.79 Å². The van der Waals surface area contributed by atoms with Gasteiger partial charge in [-0.05, 0) is 0 Å². The molecule has 4 N–H and O–H groups in total. The zero-order valence-corrected chi connectivity index (χ0v) is 10.8. The first-order chi connectivity index (χ1) is 9.54. The molecule has 0 aromatic heterocycles. The minimum atomic E-state index is -1.45. The molecule has 0 aliphatic carbocycles. The van der Waals surface area contributed by atoms with E-state index in [1.165, 1.54) is 0 Å². The van der Waals surface area contributed by atoms with Gasteiger partial charge >= 0.3 is 0 Å². The van der Waals surface area contributed by atoms with Crippen molar-refractivity contribution in [1.29, 1.82) is 0 Å². The fraction of sp³-hybridized carbons (Fsp3) is 0.500. The third-order valence-corrected chi connectivity index (χ3v) is 3.47. The van der Waals surface area contributed by atoms with E-state index in [9.17, 15) is 20.1 Å². The van der Waals surface area contributed by atoms with Crippen LogP contribution in [0.15, 0.2) is 30.3 Å². The van der Waals surface area contributed by atoms with Crippen LogP contribution in [-0.2, 0) is 4.74 Å². The number of rotatable bonds is 4. The number of benzene rings is 1. The Labute approximate surface area is 116 Å². The minimum Gasteiger partial charge on any atom is -0.394 e. The Balaban J connectivity index is 2.06. The van der Waals surface area contributed by atoms with Crippen LogP contribution in [0.25, 0.3) is 0 Å². The van der Waals surface area contributed by atoms with Crippen LogP contribution in [0.3, 0.4) is 0 Å². The quantitative estimate of drug-likeness (QED) is 0.533. The molecule has 0 radical (unpaired) electrons. The summed E-state index contributed by atoms with van der Waals surface area (Å²) in [5.41, 5.74) is 0.476. The lowest BCUT2D eigenvalue weighted by Gasteiger charge is -2.39. The predicted octanol–water partition coefficient (Wildman–Crippen LogP) is -0.898. The van der Waals surface area contributed by atoms with Crippen LogP contribution in [0.2, 0.25) is 0 Å². The second-order valence-corrected chi connectivity index (χ2v) is 4.86. The number of aliphatic hydroxyl groups excluding tert-OH is 4. The number of hydrogen-bond donors (Lipinski definition) is 4. The molecule has 2 rings (SSSR count). The van der Waals surface area contributed by atoms with Crippen molar-refractivity contribution in [2.45, 2.75) is 36.9 Å². The van der Waals surface area contributed by atoms with Crippen LogP contribution >= 0.6 is 0 Å². The summed E-state index contributed by atoms with van der Waals surface area (Å²) in [6, 6.07) is 8.52. The topological polar surface area (TPSA) is 107 Å². The van der Waals surface area contributed by atoms with Crippen molar-refractivity contribution in [1.82, 2.24) is 0 Å². The number of Topliss-reactive ketones (excluding diaryl/α,β-unsaturated/α-hetero) is 1. The van der Waals surface area contributed by atoms with Gasteiger partial charge in [-0.1, -0.05) is 30.3 Å². The van der Waals surface area contributed by atoms with Gasteiger partial charge in [-0.15, -0.1) is 0 Å². The van der Waals surface area contributed by atoms with E-state index in [1.54, 1.807) is 30.3 Å². The monoisotopic (exact) mass is 282 g/mol. The average Bonchev–Trinajstić information content (AvgIpc) is 2.48. The van der Waals surface area contributed by atoms with Crippen LogP contribution in [0.1, 0.15) is 16.8 Å². The smallest absolute Gasteiger partial charge is 0.165 e. The van der Waals surface area contributed by atoms with Crippen molar-refractivity contribution >= 4 is 5.78 Å². The van der Waals surface area contributed by atoms with Gasteiger partial charge < -0.3 is 25.2 Å². The second-order valence-electron chi connectivity index (χ2n) is 4.86. The van der Waals surface area contributed by atoms with Crippen molar-refractivity contribution in [3.8, 4) is 0 Å². The highest BCUT2D eigenvalue weighted by Crippen LogP contribution is 2.24. The van der Waals surface area contributed by atoms with E-state index in [0.717, 1.165) is 0 Å². The Morgan fingerprint density at radius 1 is 1.00 bits per heavy atom. The SMILES string of the molecule is O=C(C[C@@H]1O[C@H](CO)[C@@H](O)[C@H](O)[C@H]1O)c1ccccc1. The van der Waals surface area contributed by atoms with Gasteiger partial charge in [0.25, 0.3) is 0 Å². The average molecular weight is 282 g/mol. The van der Waals surface area contributed by atoms with Crippen LogP contribution < -0.4 is 0 Å². The molecule has 0 amide bonds. The van der Waals surface area contributed by atoms with Gasteiger partial charge in [-0.25, -0.2) is 0 Å². The minimum absolute atomic E-state index is 0.133.